The van der Waals surface area contributed by atoms with Crippen LogP contribution in [0.15, 0.2) is 53.4 Å². The van der Waals surface area contributed by atoms with Crippen molar-refractivity contribution in [2.75, 3.05) is 48.4 Å². The number of anilines is 3. The minimum Gasteiger partial charge on any atom is -0.378 e. The second kappa shape index (κ2) is 7.35. The van der Waals surface area contributed by atoms with Gasteiger partial charge in [-0.3, -0.25) is 9.52 Å². The first kappa shape index (κ1) is 18.2. The van der Waals surface area contributed by atoms with Gasteiger partial charge in [-0.05, 0) is 48.5 Å². The van der Waals surface area contributed by atoms with Crippen LogP contribution in [0.1, 0.15) is 0 Å². The highest BCUT2D eigenvalue weighted by atomic mass is 32.2. The summed E-state index contributed by atoms with van der Waals surface area (Å²) in [5.41, 5.74) is 2.13. The van der Waals surface area contributed by atoms with Crippen molar-refractivity contribution in [2.24, 2.45) is 0 Å². The van der Waals surface area contributed by atoms with Crippen LogP contribution < -0.4 is 14.5 Å². The Hall–Kier alpha value is -2.58. The molecule has 1 fully saturated rings. The molecule has 7 nitrogen and oxygen atoms in total. The molecular weight excluding hydrogens is 354 g/mol. The molecule has 3 rings (SSSR count). The third-order valence-electron chi connectivity index (χ3n) is 4.08. The van der Waals surface area contributed by atoms with Gasteiger partial charge in [-0.25, -0.2) is 8.42 Å². The van der Waals surface area contributed by atoms with E-state index in [1.165, 1.54) is 12.1 Å². The maximum atomic E-state index is 12.6. The summed E-state index contributed by atoms with van der Waals surface area (Å²) in [7, 11) is 0.134. The number of rotatable bonds is 5. The molecule has 0 bridgehead atoms. The zero-order valence-corrected chi connectivity index (χ0v) is 15.5. The number of morpholine rings is 1. The number of carbonyl (C=O) groups excluding carboxylic acids is 1. The SMILES string of the molecule is CN(C)c1ccc(NS(=O)(=O)c2ccc(N3CCOCC3=O)cc2)cc1. The van der Waals surface area contributed by atoms with Crippen molar-refractivity contribution in [3.05, 3.63) is 48.5 Å². The highest BCUT2D eigenvalue weighted by molar-refractivity contribution is 7.92. The van der Waals surface area contributed by atoms with Gasteiger partial charge < -0.3 is 14.5 Å². The van der Waals surface area contributed by atoms with E-state index < -0.39 is 10.0 Å². The lowest BCUT2D eigenvalue weighted by atomic mass is 10.2. The summed E-state index contributed by atoms with van der Waals surface area (Å²) in [6, 6.07) is 13.4. The van der Waals surface area contributed by atoms with E-state index in [2.05, 4.69) is 4.72 Å². The summed E-state index contributed by atoms with van der Waals surface area (Å²) in [5.74, 6) is -0.133. The molecule has 0 unspecified atom stereocenters. The van der Waals surface area contributed by atoms with Crippen LogP contribution in [0.5, 0.6) is 0 Å². The van der Waals surface area contributed by atoms with Crippen LogP contribution in [0.2, 0.25) is 0 Å². The van der Waals surface area contributed by atoms with E-state index in [9.17, 15) is 13.2 Å². The number of hydrogen-bond acceptors (Lipinski definition) is 5. The molecule has 1 aliphatic heterocycles. The molecule has 0 aliphatic carbocycles. The van der Waals surface area contributed by atoms with Gasteiger partial charge in [0.05, 0.1) is 11.5 Å². The Kier molecular flexibility index (Phi) is 5.15. The normalized spacial score (nSPS) is 15.0. The summed E-state index contributed by atoms with van der Waals surface area (Å²) >= 11 is 0. The minimum absolute atomic E-state index is 0.0462. The molecule has 138 valence electrons. The summed E-state index contributed by atoms with van der Waals surface area (Å²) in [5, 5.41) is 0. The van der Waals surface area contributed by atoms with E-state index in [0.29, 0.717) is 24.5 Å². The quantitative estimate of drug-likeness (QED) is 0.864. The Morgan fingerprint density at radius 3 is 2.27 bits per heavy atom. The second-order valence-electron chi connectivity index (χ2n) is 6.14. The maximum Gasteiger partial charge on any atom is 0.261 e. The van der Waals surface area contributed by atoms with Gasteiger partial charge in [-0.1, -0.05) is 0 Å². The van der Waals surface area contributed by atoms with Crippen LogP contribution in [0.3, 0.4) is 0 Å². The van der Waals surface area contributed by atoms with E-state index in [0.717, 1.165) is 5.69 Å². The summed E-state index contributed by atoms with van der Waals surface area (Å²) < 4.78 is 32.8. The van der Waals surface area contributed by atoms with Crippen molar-refractivity contribution >= 4 is 33.0 Å². The molecule has 0 radical (unpaired) electrons. The van der Waals surface area contributed by atoms with Crippen LogP contribution in [-0.4, -0.2) is 48.2 Å². The van der Waals surface area contributed by atoms with Gasteiger partial charge >= 0.3 is 0 Å². The molecule has 0 saturated carbocycles. The van der Waals surface area contributed by atoms with Crippen molar-refractivity contribution in [1.82, 2.24) is 0 Å². The van der Waals surface area contributed by atoms with Crippen LogP contribution in [0.25, 0.3) is 0 Å². The standard InChI is InChI=1S/C18H21N3O4S/c1-20(2)15-5-3-14(4-6-15)19-26(23,24)17-9-7-16(8-10-17)21-11-12-25-13-18(21)22/h3-10,19H,11-13H2,1-2H3. The first-order valence-electron chi connectivity index (χ1n) is 8.15. The number of benzene rings is 2. The second-order valence-corrected chi connectivity index (χ2v) is 7.82. The molecule has 0 atom stereocenters. The van der Waals surface area contributed by atoms with Crippen molar-refractivity contribution in [1.29, 1.82) is 0 Å². The average molecular weight is 375 g/mol. The van der Waals surface area contributed by atoms with E-state index in [1.807, 2.05) is 31.1 Å². The highest BCUT2D eigenvalue weighted by Crippen LogP contribution is 2.22. The minimum atomic E-state index is -3.70. The number of sulfonamides is 1. The van der Waals surface area contributed by atoms with Gasteiger partial charge in [-0.15, -0.1) is 0 Å². The number of nitrogens with one attached hydrogen (secondary N) is 1. The number of ether oxygens (including phenoxy) is 1. The molecular formula is C18H21N3O4S. The van der Waals surface area contributed by atoms with Crippen LogP contribution in [0, 0.1) is 0 Å². The van der Waals surface area contributed by atoms with Crippen LogP contribution in [-0.2, 0) is 19.6 Å². The Balaban J connectivity index is 1.75. The zero-order valence-electron chi connectivity index (χ0n) is 14.7. The molecule has 2 aromatic carbocycles. The van der Waals surface area contributed by atoms with E-state index in [4.69, 9.17) is 4.74 Å². The Bertz CT molecular complexity index is 878. The summed E-state index contributed by atoms with van der Waals surface area (Å²) in [6.07, 6.45) is 0. The molecule has 0 spiro atoms. The monoisotopic (exact) mass is 375 g/mol. The fourth-order valence-electron chi connectivity index (χ4n) is 2.64. The largest absolute Gasteiger partial charge is 0.378 e. The predicted molar refractivity (Wildman–Crippen MR) is 101 cm³/mol. The van der Waals surface area contributed by atoms with Gasteiger partial charge in [0.1, 0.15) is 6.61 Å². The first-order valence-corrected chi connectivity index (χ1v) is 9.63. The van der Waals surface area contributed by atoms with Crippen molar-refractivity contribution in [2.45, 2.75) is 4.90 Å². The maximum absolute atomic E-state index is 12.6. The third kappa shape index (κ3) is 3.97. The molecule has 26 heavy (non-hydrogen) atoms. The summed E-state index contributed by atoms with van der Waals surface area (Å²) in [6.45, 7) is 0.974. The molecule has 1 saturated heterocycles. The van der Waals surface area contributed by atoms with Gasteiger partial charge in [0.2, 0.25) is 0 Å². The van der Waals surface area contributed by atoms with Crippen molar-refractivity contribution in [3.8, 4) is 0 Å². The third-order valence-corrected chi connectivity index (χ3v) is 5.48. The van der Waals surface area contributed by atoms with Gasteiger partial charge in [0.25, 0.3) is 15.9 Å². The van der Waals surface area contributed by atoms with Crippen LogP contribution >= 0.6 is 0 Å². The lowest BCUT2D eigenvalue weighted by Crippen LogP contribution is -2.41. The van der Waals surface area contributed by atoms with E-state index >= 15 is 0 Å². The fourth-order valence-corrected chi connectivity index (χ4v) is 3.70. The first-order chi connectivity index (χ1) is 12.4. The van der Waals surface area contributed by atoms with Gasteiger partial charge in [0.15, 0.2) is 0 Å². The summed E-state index contributed by atoms with van der Waals surface area (Å²) in [4.78, 5) is 15.5. The smallest absolute Gasteiger partial charge is 0.261 e. The van der Waals surface area contributed by atoms with Gasteiger partial charge in [0, 0.05) is 37.7 Å². The molecule has 1 aliphatic rings. The Morgan fingerprint density at radius 1 is 1.04 bits per heavy atom. The predicted octanol–water partition coefficient (Wildman–Crippen LogP) is 1.92. The number of amides is 1. The van der Waals surface area contributed by atoms with Crippen molar-refractivity contribution in [3.63, 3.8) is 0 Å². The molecule has 2 aromatic rings. The van der Waals surface area contributed by atoms with E-state index in [-0.39, 0.29) is 17.4 Å². The van der Waals surface area contributed by atoms with Gasteiger partial charge in [-0.2, -0.15) is 0 Å². The number of carbonyl (C=O) groups is 1. The van der Waals surface area contributed by atoms with E-state index in [1.54, 1.807) is 29.2 Å². The average Bonchev–Trinajstić information content (AvgIpc) is 2.62. The fraction of sp³-hybridized carbons (Fsp3) is 0.278. The number of nitrogens with zero attached hydrogens (tertiary/aromatic N) is 2. The molecule has 1 amide bonds. The topological polar surface area (TPSA) is 79.0 Å². The molecule has 1 N–H and O–H groups in total. The number of hydrogen-bond donors (Lipinski definition) is 1. The lowest BCUT2D eigenvalue weighted by Gasteiger charge is -2.26. The Morgan fingerprint density at radius 2 is 1.69 bits per heavy atom. The van der Waals surface area contributed by atoms with Crippen LogP contribution in [0.4, 0.5) is 17.1 Å². The Labute approximate surface area is 153 Å². The lowest BCUT2D eigenvalue weighted by molar-refractivity contribution is -0.125. The highest BCUT2D eigenvalue weighted by Gasteiger charge is 2.21. The van der Waals surface area contributed by atoms with Crippen molar-refractivity contribution < 1.29 is 17.9 Å². The molecule has 0 aromatic heterocycles. The molecule has 1 heterocycles. The zero-order chi connectivity index (χ0) is 18.7. The molecule has 8 heteroatoms.